The Morgan fingerprint density at radius 1 is 1.48 bits per heavy atom. The lowest BCUT2D eigenvalue weighted by molar-refractivity contribution is -0.385. The maximum absolute atomic E-state index is 12.1. The number of hydrogen-bond donors (Lipinski definition) is 2. The van der Waals surface area contributed by atoms with Gasteiger partial charge in [-0.3, -0.25) is 14.9 Å². The van der Waals surface area contributed by atoms with Gasteiger partial charge in [0.25, 0.3) is 11.6 Å². The highest BCUT2D eigenvalue weighted by Gasteiger charge is 2.31. The first-order valence-corrected chi connectivity index (χ1v) is 6.81. The quantitative estimate of drug-likeness (QED) is 0.648. The summed E-state index contributed by atoms with van der Waals surface area (Å²) in [7, 11) is 0. The zero-order valence-corrected chi connectivity index (χ0v) is 11.9. The van der Waals surface area contributed by atoms with E-state index in [1.807, 2.05) is 0 Å². The van der Waals surface area contributed by atoms with E-state index in [1.54, 1.807) is 0 Å². The van der Waals surface area contributed by atoms with Gasteiger partial charge < -0.3 is 15.2 Å². The number of nitrogens with zero attached hydrogens (tertiary/aromatic N) is 1. The number of rotatable bonds is 4. The van der Waals surface area contributed by atoms with Crippen molar-refractivity contribution in [1.82, 2.24) is 5.32 Å². The zero-order chi connectivity index (χ0) is 15.5. The Balaban J connectivity index is 2.08. The van der Waals surface area contributed by atoms with Gasteiger partial charge in [0.2, 0.25) is 0 Å². The fourth-order valence-electron chi connectivity index (χ4n) is 2.12. The van der Waals surface area contributed by atoms with Crippen molar-refractivity contribution in [2.75, 3.05) is 19.8 Å². The molecular weight excluding hydrogens is 300 g/mol. The standard InChI is InChI=1S/C13H15ClN2O5/c14-9-1-2-10(11(7-9)16(19)20)12(17)15-8-13(18)3-5-21-6-4-13/h1-2,7,18H,3-6,8H2,(H,15,17). The van der Waals surface area contributed by atoms with E-state index in [9.17, 15) is 20.0 Å². The molecule has 2 rings (SSSR count). The number of benzene rings is 1. The van der Waals surface area contributed by atoms with Gasteiger partial charge in [0.1, 0.15) is 5.56 Å². The first kappa shape index (κ1) is 15.7. The van der Waals surface area contributed by atoms with Crippen molar-refractivity contribution in [2.45, 2.75) is 18.4 Å². The Hall–Kier alpha value is -1.70. The van der Waals surface area contributed by atoms with Gasteiger partial charge in [-0.15, -0.1) is 0 Å². The van der Waals surface area contributed by atoms with Gasteiger partial charge in [-0.25, -0.2) is 0 Å². The van der Waals surface area contributed by atoms with Crippen LogP contribution in [0.1, 0.15) is 23.2 Å². The largest absolute Gasteiger partial charge is 0.388 e. The van der Waals surface area contributed by atoms with Crippen LogP contribution < -0.4 is 5.32 Å². The molecule has 114 valence electrons. The number of carbonyl (C=O) groups is 1. The summed E-state index contributed by atoms with van der Waals surface area (Å²) in [5.41, 5.74) is -1.48. The van der Waals surface area contributed by atoms with E-state index in [4.69, 9.17) is 16.3 Å². The lowest BCUT2D eigenvalue weighted by atomic mass is 9.94. The van der Waals surface area contributed by atoms with Gasteiger partial charge in [0.05, 0.1) is 10.5 Å². The molecule has 1 amide bonds. The Morgan fingerprint density at radius 2 is 2.14 bits per heavy atom. The number of nitro benzene ring substituents is 1. The van der Waals surface area contributed by atoms with Crippen LogP contribution in [0.2, 0.25) is 5.02 Å². The molecule has 7 nitrogen and oxygen atoms in total. The second-order valence-corrected chi connectivity index (χ2v) is 5.37. The predicted octanol–water partition coefficient (Wildman–Crippen LogP) is 1.52. The molecule has 21 heavy (non-hydrogen) atoms. The summed E-state index contributed by atoms with van der Waals surface area (Å²) in [6.07, 6.45) is 0.825. The van der Waals surface area contributed by atoms with Gasteiger partial charge in [0, 0.05) is 43.7 Å². The minimum absolute atomic E-state index is 0.0228. The Morgan fingerprint density at radius 3 is 2.76 bits per heavy atom. The number of amides is 1. The van der Waals surface area contributed by atoms with Crippen LogP contribution in [-0.4, -0.2) is 41.3 Å². The first-order valence-electron chi connectivity index (χ1n) is 6.44. The lowest BCUT2D eigenvalue weighted by Crippen LogP contribution is -2.46. The van der Waals surface area contributed by atoms with Crippen LogP contribution in [0.15, 0.2) is 18.2 Å². The molecule has 0 unspecified atom stereocenters. The number of ether oxygens (including phenoxy) is 1. The molecule has 2 N–H and O–H groups in total. The predicted molar refractivity (Wildman–Crippen MR) is 75.4 cm³/mol. The first-order chi connectivity index (χ1) is 9.91. The smallest absolute Gasteiger partial charge is 0.283 e. The van der Waals surface area contributed by atoms with Gasteiger partial charge >= 0.3 is 0 Å². The Kier molecular flexibility index (Phi) is 4.76. The van der Waals surface area contributed by atoms with Crippen LogP contribution >= 0.6 is 11.6 Å². The molecule has 0 radical (unpaired) electrons. The van der Waals surface area contributed by atoms with Crippen molar-refractivity contribution in [3.63, 3.8) is 0 Å². The molecule has 0 aliphatic carbocycles. The van der Waals surface area contributed by atoms with Crippen molar-refractivity contribution < 1.29 is 19.6 Å². The fraction of sp³-hybridized carbons (Fsp3) is 0.462. The summed E-state index contributed by atoms with van der Waals surface area (Å²) in [6.45, 7) is 0.871. The Bertz CT molecular complexity index is 557. The maximum Gasteiger partial charge on any atom is 0.283 e. The minimum Gasteiger partial charge on any atom is -0.388 e. The van der Waals surface area contributed by atoms with Crippen LogP contribution in [0.5, 0.6) is 0 Å². The van der Waals surface area contributed by atoms with E-state index in [0.29, 0.717) is 26.1 Å². The summed E-state index contributed by atoms with van der Waals surface area (Å²) in [4.78, 5) is 22.4. The van der Waals surface area contributed by atoms with Crippen molar-refractivity contribution in [3.8, 4) is 0 Å². The molecule has 0 saturated carbocycles. The van der Waals surface area contributed by atoms with Crippen LogP contribution in [0.3, 0.4) is 0 Å². The maximum atomic E-state index is 12.1. The molecule has 1 heterocycles. The van der Waals surface area contributed by atoms with Crippen LogP contribution in [-0.2, 0) is 4.74 Å². The van der Waals surface area contributed by atoms with Crippen molar-refractivity contribution in [1.29, 1.82) is 0 Å². The second-order valence-electron chi connectivity index (χ2n) is 4.94. The molecule has 1 aromatic rings. The number of carbonyl (C=O) groups excluding carboxylic acids is 1. The van der Waals surface area contributed by atoms with Crippen molar-refractivity contribution in [3.05, 3.63) is 38.9 Å². The topological polar surface area (TPSA) is 102 Å². The monoisotopic (exact) mass is 314 g/mol. The summed E-state index contributed by atoms with van der Waals surface area (Å²) in [6, 6.07) is 3.83. The zero-order valence-electron chi connectivity index (χ0n) is 11.2. The third-order valence-electron chi connectivity index (χ3n) is 3.40. The van der Waals surface area contributed by atoms with E-state index >= 15 is 0 Å². The highest BCUT2D eigenvalue weighted by atomic mass is 35.5. The second kappa shape index (κ2) is 6.38. The molecule has 1 aliphatic rings. The van der Waals surface area contributed by atoms with E-state index in [0.717, 1.165) is 6.07 Å². The van der Waals surface area contributed by atoms with E-state index in [-0.39, 0.29) is 22.8 Å². The summed E-state index contributed by atoms with van der Waals surface area (Å²) >= 11 is 5.70. The SMILES string of the molecule is O=C(NCC1(O)CCOCC1)c1ccc(Cl)cc1[N+](=O)[O-]. The molecule has 0 atom stereocenters. The Labute approximate surface area is 126 Å². The van der Waals surface area contributed by atoms with Crippen LogP contribution in [0.25, 0.3) is 0 Å². The number of nitro groups is 1. The van der Waals surface area contributed by atoms with E-state index < -0.39 is 16.4 Å². The third kappa shape index (κ3) is 3.90. The molecule has 0 aromatic heterocycles. The number of hydrogen-bond acceptors (Lipinski definition) is 5. The van der Waals surface area contributed by atoms with Crippen molar-refractivity contribution in [2.24, 2.45) is 0 Å². The highest BCUT2D eigenvalue weighted by molar-refractivity contribution is 6.31. The minimum atomic E-state index is -1.03. The molecule has 1 fully saturated rings. The number of halogens is 1. The van der Waals surface area contributed by atoms with E-state index in [1.165, 1.54) is 12.1 Å². The van der Waals surface area contributed by atoms with Crippen LogP contribution in [0.4, 0.5) is 5.69 Å². The molecule has 1 saturated heterocycles. The number of nitrogens with one attached hydrogen (secondary N) is 1. The molecular formula is C13H15ClN2O5. The average Bonchev–Trinajstić information content (AvgIpc) is 2.45. The van der Waals surface area contributed by atoms with Gasteiger partial charge in [-0.1, -0.05) is 11.6 Å². The molecule has 8 heteroatoms. The summed E-state index contributed by atoms with van der Waals surface area (Å²) in [5, 5.41) is 23.9. The molecule has 1 aliphatic heterocycles. The molecule has 0 bridgehead atoms. The highest BCUT2D eigenvalue weighted by Crippen LogP contribution is 2.24. The van der Waals surface area contributed by atoms with Gasteiger partial charge in [-0.05, 0) is 12.1 Å². The summed E-state index contributed by atoms with van der Waals surface area (Å²) < 4.78 is 5.14. The van der Waals surface area contributed by atoms with Gasteiger partial charge in [-0.2, -0.15) is 0 Å². The van der Waals surface area contributed by atoms with Crippen LogP contribution in [0, 0.1) is 10.1 Å². The van der Waals surface area contributed by atoms with Crippen molar-refractivity contribution >= 4 is 23.2 Å². The number of aliphatic hydroxyl groups is 1. The summed E-state index contributed by atoms with van der Waals surface area (Å²) in [5.74, 6) is -0.613. The average molecular weight is 315 g/mol. The lowest BCUT2D eigenvalue weighted by Gasteiger charge is -2.32. The molecule has 1 aromatic carbocycles. The van der Waals surface area contributed by atoms with E-state index in [2.05, 4.69) is 5.32 Å². The normalized spacial score (nSPS) is 17.2. The third-order valence-corrected chi connectivity index (χ3v) is 3.64. The molecule has 0 spiro atoms. The fourth-order valence-corrected chi connectivity index (χ4v) is 2.28. The van der Waals surface area contributed by atoms with Gasteiger partial charge in [0.15, 0.2) is 0 Å².